The molecule has 2 amide bonds. The molecule has 0 spiro atoms. The van der Waals surface area contributed by atoms with E-state index in [9.17, 15) is 19.6 Å². The summed E-state index contributed by atoms with van der Waals surface area (Å²) >= 11 is 0. The average Bonchev–Trinajstić information content (AvgIpc) is 3.28. The molecule has 0 saturated carbocycles. The molecule has 1 fully saturated rings. The van der Waals surface area contributed by atoms with Crippen molar-refractivity contribution in [3.63, 3.8) is 0 Å². The Morgan fingerprint density at radius 1 is 0.952 bits per heavy atom. The third-order valence-corrected chi connectivity index (χ3v) is 7.88. The quantitative estimate of drug-likeness (QED) is 0.387. The summed E-state index contributed by atoms with van der Waals surface area (Å²) in [6, 6.07) is 20.0. The number of benzene rings is 3. The first-order chi connectivity index (χ1) is 20.0. The summed E-state index contributed by atoms with van der Waals surface area (Å²) in [4.78, 5) is 29.1. The van der Waals surface area contributed by atoms with Crippen LogP contribution >= 0.6 is 0 Å². The fourth-order valence-electron chi connectivity index (χ4n) is 5.71. The van der Waals surface area contributed by atoms with Gasteiger partial charge in [-0.1, -0.05) is 48.5 Å². The lowest BCUT2D eigenvalue weighted by Crippen LogP contribution is -2.50. The smallest absolute Gasteiger partial charge is 0.449 e. The molecule has 3 aromatic rings. The zero-order valence-corrected chi connectivity index (χ0v) is 24.6. The maximum atomic E-state index is 12.8. The molecular weight excluding hydrogens is 533 g/mol. The normalized spacial score (nSPS) is 14.7. The van der Waals surface area contributed by atoms with Gasteiger partial charge in [-0.3, -0.25) is 0 Å². The lowest BCUT2D eigenvalue weighted by Gasteiger charge is -2.37. The molecule has 0 radical (unpaired) electrons. The monoisotopic (exact) mass is 571 g/mol. The second kappa shape index (κ2) is 12.1. The van der Waals surface area contributed by atoms with Crippen molar-refractivity contribution in [2.24, 2.45) is 0 Å². The van der Waals surface area contributed by atoms with Gasteiger partial charge in [0.05, 0.1) is 0 Å². The van der Waals surface area contributed by atoms with E-state index in [1.807, 2.05) is 51.1 Å². The van der Waals surface area contributed by atoms with E-state index in [1.54, 1.807) is 17.9 Å². The van der Waals surface area contributed by atoms with Crippen LogP contribution in [0.2, 0.25) is 0 Å². The fourth-order valence-corrected chi connectivity index (χ4v) is 5.71. The number of ether oxygens (including phenoxy) is 2. The van der Waals surface area contributed by atoms with Crippen LogP contribution in [0.3, 0.4) is 0 Å². The Morgan fingerprint density at radius 3 is 2.12 bits per heavy atom. The Hall–Kier alpha value is -4.02. The number of carbonyl (C=O) groups is 2. The van der Waals surface area contributed by atoms with Gasteiger partial charge < -0.3 is 34.6 Å². The minimum atomic E-state index is -1.67. The molecular formula is C32H38BN3O6. The highest BCUT2D eigenvalue weighted by Gasteiger charge is 2.30. The van der Waals surface area contributed by atoms with E-state index in [-0.39, 0.29) is 25.2 Å². The largest absolute Gasteiger partial charge is 0.488 e. The van der Waals surface area contributed by atoms with Crippen LogP contribution in [-0.2, 0) is 16.0 Å². The van der Waals surface area contributed by atoms with Crippen molar-refractivity contribution in [3.05, 3.63) is 82.9 Å². The summed E-state index contributed by atoms with van der Waals surface area (Å²) in [7, 11) is -1.67. The van der Waals surface area contributed by atoms with Crippen LogP contribution in [0.15, 0.2) is 60.7 Å². The number of amides is 2. The van der Waals surface area contributed by atoms with Crippen molar-refractivity contribution in [2.75, 3.05) is 37.7 Å². The van der Waals surface area contributed by atoms with Gasteiger partial charge in [0.1, 0.15) is 12.2 Å². The number of piperazine rings is 1. The Labute approximate surface area is 247 Å². The standard InChI is InChI=1S/C32H38BN3O6/c1-21-22(17-23(18-29(21)33(39)40)35-13-15-36(16-14-35)31(38)42-32(2,3)4)19-34-30(37)41-20-28-26-11-7-5-9-24(26)25-10-6-8-12-27(25)28/h5-12,17-18,28,39-40H,13-16,19-20H2,1-4H3,(H,34,37). The molecule has 220 valence electrons. The number of alkyl carbamates (subject to hydrolysis) is 1. The molecule has 0 aromatic heterocycles. The van der Waals surface area contributed by atoms with Crippen molar-refractivity contribution < 1.29 is 29.1 Å². The SMILES string of the molecule is Cc1c(CNC(=O)OCC2c3ccccc3-c3ccccc32)cc(N2CCN(C(=O)OC(C)(C)C)CC2)cc1B(O)O. The van der Waals surface area contributed by atoms with Gasteiger partial charge in [0.15, 0.2) is 0 Å². The Morgan fingerprint density at radius 2 is 1.55 bits per heavy atom. The van der Waals surface area contributed by atoms with Gasteiger partial charge in [-0.2, -0.15) is 0 Å². The summed E-state index contributed by atoms with van der Waals surface area (Å²) in [5.41, 5.74) is 6.63. The molecule has 2 aliphatic rings. The van der Waals surface area contributed by atoms with E-state index < -0.39 is 18.8 Å². The third-order valence-electron chi connectivity index (χ3n) is 7.88. The molecule has 1 heterocycles. The lowest BCUT2D eigenvalue weighted by atomic mass is 9.75. The molecule has 0 unspecified atom stereocenters. The average molecular weight is 571 g/mol. The number of nitrogens with one attached hydrogen (secondary N) is 1. The minimum absolute atomic E-state index is 0.0382. The van der Waals surface area contributed by atoms with Gasteiger partial charge >= 0.3 is 19.3 Å². The van der Waals surface area contributed by atoms with Crippen LogP contribution in [-0.4, -0.2) is 72.6 Å². The van der Waals surface area contributed by atoms with E-state index in [2.05, 4.69) is 34.5 Å². The van der Waals surface area contributed by atoms with Gasteiger partial charge in [0.25, 0.3) is 0 Å². The third kappa shape index (κ3) is 6.40. The van der Waals surface area contributed by atoms with Crippen molar-refractivity contribution in [2.45, 2.75) is 45.8 Å². The van der Waals surface area contributed by atoms with Crippen LogP contribution in [0, 0.1) is 6.92 Å². The first kappa shape index (κ1) is 29.5. The van der Waals surface area contributed by atoms with Crippen LogP contribution in [0.5, 0.6) is 0 Å². The van der Waals surface area contributed by atoms with Crippen molar-refractivity contribution in [1.29, 1.82) is 0 Å². The van der Waals surface area contributed by atoms with E-state index in [0.717, 1.165) is 33.5 Å². The van der Waals surface area contributed by atoms with Gasteiger partial charge in [-0.05, 0) is 78.7 Å². The Balaban J connectivity index is 1.23. The van der Waals surface area contributed by atoms with Crippen molar-refractivity contribution in [3.8, 4) is 11.1 Å². The molecule has 9 nitrogen and oxygen atoms in total. The lowest BCUT2D eigenvalue weighted by molar-refractivity contribution is 0.0240. The maximum absolute atomic E-state index is 12.8. The molecule has 1 aliphatic carbocycles. The van der Waals surface area contributed by atoms with Gasteiger partial charge in [0.2, 0.25) is 0 Å². The molecule has 0 bridgehead atoms. The van der Waals surface area contributed by atoms with Gasteiger partial charge in [-0.15, -0.1) is 0 Å². The molecule has 10 heteroatoms. The van der Waals surface area contributed by atoms with Gasteiger partial charge in [0, 0.05) is 44.3 Å². The summed E-state index contributed by atoms with van der Waals surface area (Å²) in [6.45, 7) is 9.77. The van der Waals surface area contributed by atoms with Crippen LogP contribution in [0.1, 0.15) is 48.9 Å². The highest BCUT2D eigenvalue weighted by molar-refractivity contribution is 6.59. The number of anilines is 1. The minimum Gasteiger partial charge on any atom is -0.449 e. The van der Waals surface area contributed by atoms with Crippen LogP contribution in [0.4, 0.5) is 15.3 Å². The predicted octanol–water partition coefficient (Wildman–Crippen LogP) is 3.77. The highest BCUT2D eigenvalue weighted by Crippen LogP contribution is 2.44. The number of fused-ring (bicyclic) bond motifs is 3. The number of carbonyl (C=O) groups excluding carboxylic acids is 2. The fraction of sp³-hybridized carbons (Fsp3) is 0.375. The summed E-state index contributed by atoms with van der Waals surface area (Å²) in [5, 5.41) is 23.0. The van der Waals surface area contributed by atoms with Crippen molar-refractivity contribution >= 4 is 30.5 Å². The summed E-state index contributed by atoms with van der Waals surface area (Å²) in [6.07, 6.45) is -0.885. The van der Waals surface area contributed by atoms with Crippen molar-refractivity contribution in [1.82, 2.24) is 10.2 Å². The molecule has 5 rings (SSSR count). The number of hydrogen-bond acceptors (Lipinski definition) is 7. The van der Waals surface area contributed by atoms with E-state index in [0.29, 0.717) is 37.2 Å². The van der Waals surface area contributed by atoms with Gasteiger partial charge in [-0.25, -0.2) is 9.59 Å². The predicted molar refractivity (Wildman–Crippen MR) is 163 cm³/mol. The van der Waals surface area contributed by atoms with E-state index in [4.69, 9.17) is 9.47 Å². The number of hydrogen-bond donors (Lipinski definition) is 3. The Bertz CT molecular complexity index is 1420. The summed E-state index contributed by atoms with van der Waals surface area (Å²) in [5.74, 6) is -0.0382. The van der Waals surface area contributed by atoms with E-state index in [1.165, 1.54) is 0 Å². The second-order valence-corrected chi connectivity index (χ2v) is 11.8. The first-order valence-corrected chi connectivity index (χ1v) is 14.3. The molecule has 42 heavy (non-hydrogen) atoms. The van der Waals surface area contributed by atoms with Crippen LogP contribution in [0.25, 0.3) is 11.1 Å². The zero-order valence-electron chi connectivity index (χ0n) is 24.6. The van der Waals surface area contributed by atoms with E-state index >= 15 is 0 Å². The molecule has 3 N–H and O–H groups in total. The first-order valence-electron chi connectivity index (χ1n) is 14.3. The number of rotatable bonds is 6. The molecule has 1 aliphatic heterocycles. The highest BCUT2D eigenvalue weighted by atomic mass is 16.6. The zero-order chi connectivity index (χ0) is 30.0. The van der Waals surface area contributed by atoms with Crippen LogP contribution < -0.4 is 15.7 Å². The molecule has 0 atom stereocenters. The second-order valence-electron chi connectivity index (χ2n) is 11.8. The maximum Gasteiger partial charge on any atom is 0.488 e. The Kier molecular flexibility index (Phi) is 8.47. The number of nitrogens with zero attached hydrogens (tertiary/aromatic N) is 2. The summed E-state index contributed by atoms with van der Waals surface area (Å²) < 4.78 is 11.2. The molecule has 1 saturated heterocycles. The topological polar surface area (TPSA) is 112 Å². The molecule has 3 aromatic carbocycles.